The fourth-order valence-electron chi connectivity index (χ4n) is 4.02. The van der Waals surface area contributed by atoms with Crippen molar-refractivity contribution < 1.29 is 14.7 Å². The molecule has 1 saturated heterocycles. The first-order valence-electron chi connectivity index (χ1n) is 8.31. The summed E-state index contributed by atoms with van der Waals surface area (Å²) in [5.74, 6) is -0.329. The number of carbonyl (C=O) groups is 2. The maximum Gasteiger partial charge on any atom is 0.320 e. The molecule has 1 aliphatic carbocycles. The smallest absolute Gasteiger partial charge is 0.320 e. The Labute approximate surface area is 153 Å². The summed E-state index contributed by atoms with van der Waals surface area (Å²) in [5, 5.41) is 11.5. The van der Waals surface area contributed by atoms with E-state index in [-0.39, 0.29) is 30.9 Å². The number of likely N-dealkylation sites (N-methyl/N-ethyl adjacent to an activating group) is 1. The minimum Gasteiger partial charge on any atom is -0.480 e. The van der Waals surface area contributed by atoms with E-state index in [1.807, 2.05) is 22.4 Å². The lowest BCUT2D eigenvalue weighted by Crippen LogP contribution is -2.47. The zero-order valence-electron chi connectivity index (χ0n) is 13.9. The Morgan fingerprint density at radius 3 is 2.79 bits per heavy atom. The molecule has 2 aliphatic rings. The highest BCUT2D eigenvalue weighted by Crippen LogP contribution is 2.39. The number of carboxylic acids is 1. The first-order valence-corrected chi connectivity index (χ1v) is 9.19. The standard InChI is InChI=1S/C17H24N2O3S.ClH/c1-18(10-13-6-4-8-23-13)16(20)11-19-14-7-3-2-5-12(14)9-15(19)17(21)22;/h4,6,8,12,14-15H,2-3,5,7,9-11H2,1H3,(H,21,22);1H. The van der Waals surface area contributed by atoms with Crippen LogP contribution in [0.2, 0.25) is 0 Å². The predicted molar refractivity (Wildman–Crippen MR) is 96.5 cm³/mol. The highest BCUT2D eigenvalue weighted by Gasteiger charge is 2.45. The molecule has 1 saturated carbocycles. The van der Waals surface area contributed by atoms with Crippen LogP contribution in [0.5, 0.6) is 0 Å². The van der Waals surface area contributed by atoms with Crippen LogP contribution in [0.25, 0.3) is 0 Å². The number of thiophene rings is 1. The molecule has 1 N–H and O–H groups in total. The van der Waals surface area contributed by atoms with Crippen LogP contribution >= 0.6 is 23.7 Å². The molecule has 2 fully saturated rings. The first-order chi connectivity index (χ1) is 11.1. The molecule has 1 aromatic heterocycles. The van der Waals surface area contributed by atoms with E-state index in [4.69, 9.17) is 0 Å². The molecule has 3 unspecified atom stereocenters. The van der Waals surface area contributed by atoms with E-state index in [0.29, 0.717) is 18.9 Å². The van der Waals surface area contributed by atoms with Crippen LogP contribution in [0.4, 0.5) is 0 Å². The quantitative estimate of drug-likeness (QED) is 0.863. The molecule has 3 atom stereocenters. The molecule has 7 heteroatoms. The molecule has 0 bridgehead atoms. The molecule has 2 heterocycles. The Balaban J connectivity index is 0.00000208. The summed E-state index contributed by atoms with van der Waals surface area (Å²) in [6.45, 7) is 0.816. The summed E-state index contributed by atoms with van der Waals surface area (Å²) in [6, 6.07) is 3.76. The fraction of sp³-hybridized carbons (Fsp3) is 0.647. The highest BCUT2D eigenvalue weighted by atomic mass is 35.5. The number of fused-ring (bicyclic) bond motifs is 1. The van der Waals surface area contributed by atoms with E-state index in [2.05, 4.69) is 0 Å². The first kappa shape index (κ1) is 19.2. The van der Waals surface area contributed by atoms with E-state index in [0.717, 1.165) is 24.1 Å². The SMILES string of the molecule is CN(Cc1cccs1)C(=O)CN1C(C(=O)O)CC2CCCCC21.Cl. The molecule has 24 heavy (non-hydrogen) atoms. The van der Waals surface area contributed by atoms with Crippen molar-refractivity contribution in [3.63, 3.8) is 0 Å². The van der Waals surface area contributed by atoms with Gasteiger partial charge in [-0.05, 0) is 36.6 Å². The van der Waals surface area contributed by atoms with Gasteiger partial charge in [0.15, 0.2) is 0 Å². The average Bonchev–Trinajstić information content (AvgIpc) is 3.15. The van der Waals surface area contributed by atoms with Gasteiger partial charge in [0.1, 0.15) is 6.04 Å². The molecule has 0 spiro atoms. The molecular weight excluding hydrogens is 348 g/mol. The number of halogens is 1. The number of carbonyl (C=O) groups excluding carboxylic acids is 1. The van der Waals surface area contributed by atoms with Crippen molar-refractivity contribution in [3.8, 4) is 0 Å². The van der Waals surface area contributed by atoms with Gasteiger partial charge in [-0.2, -0.15) is 0 Å². The lowest BCUT2D eigenvalue weighted by atomic mass is 9.85. The largest absolute Gasteiger partial charge is 0.480 e. The molecule has 3 rings (SSSR count). The van der Waals surface area contributed by atoms with Crippen molar-refractivity contribution in [1.29, 1.82) is 0 Å². The zero-order chi connectivity index (χ0) is 16.4. The van der Waals surface area contributed by atoms with Crippen LogP contribution in [0.1, 0.15) is 37.0 Å². The minimum atomic E-state index is -0.784. The molecular formula is C17H25ClN2O3S. The van der Waals surface area contributed by atoms with Crippen molar-refractivity contribution in [2.75, 3.05) is 13.6 Å². The highest BCUT2D eigenvalue weighted by molar-refractivity contribution is 7.09. The van der Waals surface area contributed by atoms with Crippen LogP contribution in [-0.2, 0) is 16.1 Å². The molecule has 0 aromatic carbocycles. The fourth-order valence-corrected chi connectivity index (χ4v) is 4.78. The third-order valence-electron chi connectivity index (χ3n) is 5.22. The number of amides is 1. The van der Waals surface area contributed by atoms with Gasteiger partial charge in [-0.15, -0.1) is 23.7 Å². The number of likely N-dealkylation sites (tertiary alicyclic amines) is 1. The maximum absolute atomic E-state index is 12.6. The summed E-state index contributed by atoms with van der Waals surface area (Å²) in [4.78, 5) is 29.0. The van der Waals surface area contributed by atoms with E-state index in [1.165, 1.54) is 6.42 Å². The molecule has 0 radical (unpaired) electrons. The number of carboxylic acid groups (broad SMARTS) is 1. The summed E-state index contributed by atoms with van der Waals surface area (Å²) < 4.78 is 0. The van der Waals surface area contributed by atoms with Crippen LogP contribution in [0.15, 0.2) is 17.5 Å². The Morgan fingerprint density at radius 2 is 2.12 bits per heavy atom. The van der Waals surface area contributed by atoms with Gasteiger partial charge in [-0.25, -0.2) is 0 Å². The Kier molecular flexibility index (Phi) is 6.66. The predicted octanol–water partition coefficient (Wildman–Crippen LogP) is 2.85. The van der Waals surface area contributed by atoms with Crippen LogP contribution in [0, 0.1) is 5.92 Å². The zero-order valence-corrected chi connectivity index (χ0v) is 15.5. The molecule has 5 nitrogen and oxygen atoms in total. The second-order valence-electron chi connectivity index (χ2n) is 6.70. The summed E-state index contributed by atoms with van der Waals surface area (Å²) >= 11 is 1.63. The van der Waals surface area contributed by atoms with Gasteiger partial charge in [0, 0.05) is 18.0 Å². The third kappa shape index (κ3) is 4.10. The van der Waals surface area contributed by atoms with Crippen molar-refractivity contribution >= 4 is 35.6 Å². The minimum absolute atomic E-state index is 0. The van der Waals surface area contributed by atoms with Crippen molar-refractivity contribution in [2.45, 2.75) is 50.7 Å². The monoisotopic (exact) mass is 372 g/mol. The molecule has 1 aliphatic heterocycles. The van der Waals surface area contributed by atoms with Crippen molar-refractivity contribution in [1.82, 2.24) is 9.80 Å². The Bertz CT molecular complexity index is 566. The van der Waals surface area contributed by atoms with Gasteiger partial charge in [-0.1, -0.05) is 18.9 Å². The van der Waals surface area contributed by atoms with Gasteiger partial charge >= 0.3 is 5.97 Å². The Morgan fingerprint density at radius 1 is 1.38 bits per heavy atom. The second kappa shape index (κ2) is 8.32. The van der Waals surface area contributed by atoms with E-state index >= 15 is 0 Å². The van der Waals surface area contributed by atoms with Gasteiger partial charge in [-0.3, -0.25) is 14.5 Å². The van der Waals surface area contributed by atoms with Gasteiger partial charge < -0.3 is 10.0 Å². The van der Waals surface area contributed by atoms with Crippen molar-refractivity contribution in [3.05, 3.63) is 22.4 Å². The topological polar surface area (TPSA) is 60.9 Å². The molecule has 134 valence electrons. The van der Waals surface area contributed by atoms with Gasteiger partial charge in [0.2, 0.25) is 5.91 Å². The maximum atomic E-state index is 12.6. The molecule has 1 amide bonds. The number of rotatable bonds is 5. The lowest BCUT2D eigenvalue weighted by Gasteiger charge is -2.33. The normalized spacial score (nSPS) is 26.5. The van der Waals surface area contributed by atoms with Crippen molar-refractivity contribution in [2.24, 2.45) is 5.92 Å². The van der Waals surface area contributed by atoms with E-state index in [9.17, 15) is 14.7 Å². The summed E-state index contributed by atoms with van der Waals surface area (Å²) in [6.07, 6.45) is 5.15. The van der Waals surface area contributed by atoms with Gasteiger partial charge in [0.05, 0.1) is 13.1 Å². The average molecular weight is 373 g/mol. The van der Waals surface area contributed by atoms with Gasteiger partial charge in [0.25, 0.3) is 0 Å². The molecule has 1 aromatic rings. The summed E-state index contributed by atoms with van der Waals surface area (Å²) in [7, 11) is 1.80. The number of hydrogen-bond donors (Lipinski definition) is 1. The van der Waals surface area contributed by atoms with Crippen LogP contribution in [-0.4, -0.2) is 52.5 Å². The number of nitrogens with zero attached hydrogens (tertiary/aromatic N) is 2. The number of aliphatic carboxylic acids is 1. The lowest BCUT2D eigenvalue weighted by molar-refractivity contribution is -0.144. The van der Waals surface area contributed by atoms with Crippen LogP contribution < -0.4 is 0 Å². The summed E-state index contributed by atoms with van der Waals surface area (Å²) in [5.41, 5.74) is 0. The van der Waals surface area contributed by atoms with E-state index < -0.39 is 12.0 Å². The van der Waals surface area contributed by atoms with E-state index in [1.54, 1.807) is 23.3 Å². The Hall–Kier alpha value is -1.11. The number of hydrogen-bond acceptors (Lipinski definition) is 4. The second-order valence-corrected chi connectivity index (χ2v) is 7.74. The van der Waals surface area contributed by atoms with Crippen LogP contribution in [0.3, 0.4) is 0 Å². The third-order valence-corrected chi connectivity index (χ3v) is 6.08.